The maximum atomic E-state index is 6.04. The fourth-order valence-electron chi connectivity index (χ4n) is 1.85. The molecule has 1 rings (SSSR count). The molecule has 0 aromatic heterocycles. The van der Waals surface area contributed by atoms with Crippen LogP contribution < -0.4 is 5.32 Å². The van der Waals surface area contributed by atoms with Crippen LogP contribution in [-0.4, -0.2) is 32.9 Å². The predicted octanol–water partition coefficient (Wildman–Crippen LogP) is 3.82. The lowest BCUT2D eigenvalue weighted by Gasteiger charge is -2.19. The van der Waals surface area contributed by atoms with E-state index in [2.05, 4.69) is 19.2 Å². The summed E-state index contributed by atoms with van der Waals surface area (Å²) < 4.78 is 11.4. The summed E-state index contributed by atoms with van der Waals surface area (Å²) >= 11 is 6.04. The molecule has 3 nitrogen and oxygen atoms in total. The Labute approximate surface area is 127 Å². The summed E-state index contributed by atoms with van der Waals surface area (Å²) in [7, 11) is 0. The molecular formula is C16H26ClNO2. The van der Waals surface area contributed by atoms with E-state index in [0.717, 1.165) is 43.1 Å². The van der Waals surface area contributed by atoms with E-state index in [0.29, 0.717) is 13.2 Å². The minimum absolute atomic E-state index is 0.0171. The largest absolute Gasteiger partial charge is 0.379 e. The zero-order valence-electron chi connectivity index (χ0n) is 12.5. The average molecular weight is 300 g/mol. The molecule has 1 unspecified atom stereocenters. The number of nitrogens with one attached hydrogen (secondary N) is 1. The van der Waals surface area contributed by atoms with Crippen LogP contribution >= 0.6 is 11.6 Å². The van der Waals surface area contributed by atoms with Crippen molar-refractivity contribution in [2.75, 3.05) is 32.9 Å². The highest BCUT2D eigenvalue weighted by Gasteiger charge is 2.11. The number of likely N-dealkylation sites (N-methyl/N-ethyl adjacent to an activating group) is 1. The van der Waals surface area contributed by atoms with Crippen molar-refractivity contribution in [1.82, 2.24) is 5.32 Å². The fourth-order valence-corrected chi connectivity index (χ4v) is 2.05. The summed E-state index contributed by atoms with van der Waals surface area (Å²) in [6.07, 6.45) is 2.28. The lowest BCUT2D eigenvalue weighted by Crippen LogP contribution is -2.24. The van der Waals surface area contributed by atoms with Crippen LogP contribution in [0, 0.1) is 0 Å². The highest BCUT2D eigenvalue weighted by Crippen LogP contribution is 2.20. The molecule has 0 bridgehead atoms. The minimum Gasteiger partial charge on any atom is -0.379 e. The van der Waals surface area contributed by atoms with E-state index >= 15 is 0 Å². The highest BCUT2D eigenvalue weighted by molar-refractivity contribution is 6.30. The van der Waals surface area contributed by atoms with Gasteiger partial charge >= 0.3 is 0 Å². The molecule has 0 amide bonds. The first-order valence-electron chi connectivity index (χ1n) is 7.43. The van der Waals surface area contributed by atoms with Gasteiger partial charge in [-0.3, -0.25) is 0 Å². The molecule has 0 heterocycles. The first-order chi connectivity index (χ1) is 9.77. The van der Waals surface area contributed by atoms with Crippen molar-refractivity contribution in [2.45, 2.75) is 32.8 Å². The van der Waals surface area contributed by atoms with E-state index in [1.165, 1.54) is 0 Å². The van der Waals surface area contributed by atoms with Gasteiger partial charge in [0.25, 0.3) is 0 Å². The summed E-state index contributed by atoms with van der Waals surface area (Å²) in [5.74, 6) is 0. The first kappa shape index (κ1) is 17.4. The Morgan fingerprint density at radius 3 is 2.75 bits per heavy atom. The predicted molar refractivity (Wildman–Crippen MR) is 84.4 cm³/mol. The third kappa shape index (κ3) is 7.25. The van der Waals surface area contributed by atoms with Crippen molar-refractivity contribution in [2.24, 2.45) is 0 Å². The lowest BCUT2D eigenvalue weighted by molar-refractivity contribution is 0.00379. The van der Waals surface area contributed by atoms with Crippen LogP contribution in [0.15, 0.2) is 24.3 Å². The van der Waals surface area contributed by atoms with Gasteiger partial charge in [0.05, 0.1) is 19.3 Å². The van der Waals surface area contributed by atoms with Gasteiger partial charge in [0.1, 0.15) is 0 Å². The number of hydrogen-bond acceptors (Lipinski definition) is 3. The molecule has 0 spiro atoms. The highest BCUT2D eigenvalue weighted by atomic mass is 35.5. The molecule has 0 aliphatic rings. The molecule has 4 heteroatoms. The van der Waals surface area contributed by atoms with E-state index in [1.54, 1.807) is 0 Å². The summed E-state index contributed by atoms with van der Waals surface area (Å²) in [6.45, 7) is 8.01. The molecule has 0 radical (unpaired) electrons. The monoisotopic (exact) mass is 299 g/mol. The molecule has 1 N–H and O–H groups in total. The second kappa shape index (κ2) is 11.1. The smallest absolute Gasteiger partial charge is 0.0950 e. The molecule has 0 aliphatic carbocycles. The molecule has 20 heavy (non-hydrogen) atoms. The van der Waals surface area contributed by atoms with Crippen molar-refractivity contribution in [3.8, 4) is 0 Å². The third-order valence-corrected chi connectivity index (χ3v) is 3.22. The topological polar surface area (TPSA) is 30.5 Å². The summed E-state index contributed by atoms with van der Waals surface area (Å²) in [5, 5.41) is 4.06. The number of ether oxygens (including phenoxy) is 2. The van der Waals surface area contributed by atoms with Gasteiger partial charge in [0.15, 0.2) is 0 Å². The summed E-state index contributed by atoms with van der Waals surface area (Å²) in [6, 6.07) is 7.84. The zero-order chi connectivity index (χ0) is 14.6. The van der Waals surface area contributed by atoms with Crippen LogP contribution in [0.4, 0.5) is 0 Å². The van der Waals surface area contributed by atoms with Crippen molar-refractivity contribution in [3.05, 3.63) is 34.9 Å². The maximum absolute atomic E-state index is 6.04. The van der Waals surface area contributed by atoms with E-state index in [1.807, 2.05) is 24.3 Å². The second-order valence-corrected chi connectivity index (χ2v) is 5.12. The SMILES string of the molecule is CCCCOCCOC(CNCC)c1cccc(Cl)c1. The number of unbranched alkanes of at least 4 members (excludes halogenated alkanes) is 1. The number of benzene rings is 1. The number of rotatable bonds is 11. The normalized spacial score (nSPS) is 12.6. The van der Waals surface area contributed by atoms with E-state index in [4.69, 9.17) is 21.1 Å². The van der Waals surface area contributed by atoms with Gasteiger partial charge in [-0.2, -0.15) is 0 Å². The van der Waals surface area contributed by atoms with Crippen LogP contribution in [0.2, 0.25) is 5.02 Å². The van der Waals surface area contributed by atoms with Gasteiger partial charge in [-0.15, -0.1) is 0 Å². The van der Waals surface area contributed by atoms with Crippen LogP contribution in [0.3, 0.4) is 0 Å². The standard InChI is InChI=1S/C16H26ClNO2/c1-3-5-9-19-10-11-20-16(13-18-4-2)14-7-6-8-15(17)12-14/h6-8,12,16,18H,3-5,9-11,13H2,1-2H3. The van der Waals surface area contributed by atoms with Gasteiger partial charge in [0, 0.05) is 18.2 Å². The second-order valence-electron chi connectivity index (χ2n) is 4.69. The van der Waals surface area contributed by atoms with E-state index < -0.39 is 0 Å². The third-order valence-electron chi connectivity index (χ3n) is 2.99. The van der Waals surface area contributed by atoms with Gasteiger partial charge in [-0.1, -0.05) is 44.0 Å². The van der Waals surface area contributed by atoms with Crippen LogP contribution in [0.5, 0.6) is 0 Å². The van der Waals surface area contributed by atoms with Crippen LogP contribution in [0.1, 0.15) is 38.4 Å². The average Bonchev–Trinajstić information content (AvgIpc) is 2.45. The van der Waals surface area contributed by atoms with Crippen molar-refractivity contribution in [3.63, 3.8) is 0 Å². The minimum atomic E-state index is 0.0171. The van der Waals surface area contributed by atoms with Crippen molar-refractivity contribution in [1.29, 1.82) is 0 Å². The van der Waals surface area contributed by atoms with Gasteiger partial charge < -0.3 is 14.8 Å². The van der Waals surface area contributed by atoms with Gasteiger partial charge in [0.2, 0.25) is 0 Å². The molecular weight excluding hydrogens is 274 g/mol. The quantitative estimate of drug-likeness (QED) is 0.630. The summed E-state index contributed by atoms with van der Waals surface area (Å²) in [5.41, 5.74) is 1.10. The Kier molecular flexibility index (Phi) is 9.67. The molecule has 114 valence electrons. The number of hydrogen-bond donors (Lipinski definition) is 1. The first-order valence-corrected chi connectivity index (χ1v) is 7.81. The molecule has 0 aliphatic heterocycles. The maximum Gasteiger partial charge on any atom is 0.0950 e. The van der Waals surface area contributed by atoms with Crippen LogP contribution in [-0.2, 0) is 9.47 Å². The number of halogens is 1. The Bertz CT molecular complexity index is 360. The van der Waals surface area contributed by atoms with E-state index in [9.17, 15) is 0 Å². The molecule has 1 aromatic carbocycles. The Morgan fingerprint density at radius 2 is 2.05 bits per heavy atom. The van der Waals surface area contributed by atoms with E-state index in [-0.39, 0.29) is 6.10 Å². The summed E-state index contributed by atoms with van der Waals surface area (Å²) in [4.78, 5) is 0. The lowest BCUT2D eigenvalue weighted by atomic mass is 10.1. The molecule has 0 fully saturated rings. The van der Waals surface area contributed by atoms with Gasteiger partial charge in [-0.05, 0) is 30.7 Å². The molecule has 1 atom stereocenters. The van der Waals surface area contributed by atoms with Crippen molar-refractivity contribution >= 4 is 11.6 Å². The zero-order valence-corrected chi connectivity index (χ0v) is 13.3. The molecule has 0 saturated heterocycles. The Balaban J connectivity index is 2.40. The van der Waals surface area contributed by atoms with Crippen LogP contribution in [0.25, 0.3) is 0 Å². The molecule has 0 saturated carbocycles. The Morgan fingerprint density at radius 1 is 1.20 bits per heavy atom. The fraction of sp³-hybridized carbons (Fsp3) is 0.625. The van der Waals surface area contributed by atoms with Gasteiger partial charge in [-0.25, -0.2) is 0 Å². The van der Waals surface area contributed by atoms with Crippen molar-refractivity contribution < 1.29 is 9.47 Å². The Hall–Kier alpha value is -0.610. The molecule has 1 aromatic rings.